The molecular formula is C11H18N4O2S. The van der Waals surface area contributed by atoms with Crippen molar-refractivity contribution in [3.8, 4) is 0 Å². The van der Waals surface area contributed by atoms with Gasteiger partial charge in [-0.05, 0) is 38.0 Å². The van der Waals surface area contributed by atoms with Crippen LogP contribution in [0.15, 0.2) is 11.4 Å². The predicted molar refractivity (Wildman–Crippen MR) is 72.6 cm³/mol. The fourth-order valence-corrected chi connectivity index (χ4v) is 2.26. The van der Waals surface area contributed by atoms with Gasteiger partial charge in [0.1, 0.15) is 5.00 Å². The van der Waals surface area contributed by atoms with Crippen molar-refractivity contribution >= 4 is 28.2 Å². The van der Waals surface area contributed by atoms with Crippen molar-refractivity contribution in [3.05, 3.63) is 17.0 Å². The van der Waals surface area contributed by atoms with Gasteiger partial charge in [-0.15, -0.1) is 11.3 Å². The van der Waals surface area contributed by atoms with E-state index in [-0.39, 0.29) is 12.5 Å². The highest BCUT2D eigenvalue weighted by atomic mass is 32.1. The molecule has 0 fully saturated rings. The normalized spacial score (nSPS) is 10.6. The standard InChI is InChI=1S/C11H18N4O2S/c1-15(5-2-4-12)7-9(16)14-11-8(10(13)17)3-6-18-11/h3,6H,2,4-5,7,12H2,1H3,(H2,13,17)(H,14,16). The second kappa shape index (κ2) is 7.10. The van der Waals surface area contributed by atoms with Gasteiger partial charge in [-0.2, -0.15) is 0 Å². The van der Waals surface area contributed by atoms with Gasteiger partial charge in [-0.1, -0.05) is 0 Å². The Balaban J connectivity index is 2.49. The third-order valence-corrected chi connectivity index (χ3v) is 3.17. The molecule has 0 aliphatic heterocycles. The van der Waals surface area contributed by atoms with Gasteiger partial charge in [0.05, 0.1) is 12.1 Å². The molecule has 0 atom stereocenters. The van der Waals surface area contributed by atoms with Crippen molar-refractivity contribution in [1.29, 1.82) is 0 Å². The van der Waals surface area contributed by atoms with E-state index in [1.54, 1.807) is 11.4 Å². The minimum Gasteiger partial charge on any atom is -0.366 e. The molecule has 0 saturated carbocycles. The van der Waals surface area contributed by atoms with E-state index < -0.39 is 5.91 Å². The minimum absolute atomic E-state index is 0.167. The Bertz CT molecular complexity index is 419. The summed E-state index contributed by atoms with van der Waals surface area (Å²) in [4.78, 5) is 24.7. The predicted octanol–water partition coefficient (Wildman–Crippen LogP) is 0.0661. The maximum atomic E-state index is 11.7. The van der Waals surface area contributed by atoms with Crippen LogP contribution < -0.4 is 16.8 Å². The van der Waals surface area contributed by atoms with Crippen LogP contribution in [-0.4, -0.2) is 43.4 Å². The highest BCUT2D eigenvalue weighted by molar-refractivity contribution is 7.14. The first-order valence-electron chi connectivity index (χ1n) is 5.60. The van der Waals surface area contributed by atoms with Crippen LogP contribution in [0.25, 0.3) is 0 Å². The van der Waals surface area contributed by atoms with Crippen LogP contribution in [0.2, 0.25) is 0 Å². The molecule has 0 aromatic carbocycles. The van der Waals surface area contributed by atoms with Gasteiger partial charge < -0.3 is 16.8 Å². The van der Waals surface area contributed by atoms with Crippen molar-refractivity contribution in [2.24, 2.45) is 11.5 Å². The van der Waals surface area contributed by atoms with Crippen LogP contribution in [0.5, 0.6) is 0 Å². The monoisotopic (exact) mass is 270 g/mol. The molecule has 0 unspecified atom stereocenters. The molecule has 5 N–H and O–H groups in total. The smallest absolute Gasteiger partial charge is 0.251 e. The molecule has 18 heavy (non-hydrogen) atoms. The molecule has 100 valence electrons. The van der Waals surface area contributed by atoms with Gasteiger partial charge in [0.2, 0.25) is 5.91 Å². The Morgan fingerprint density at radius 3 is 2.83 bits per heavy atom. The molecule has 0 saturated heterocycles. The molecule has 1 heterocycles. The maximum Gasteiger partial charge on any atom is 0.251 e. The van der Waals surface area contributed by atoms with Crippen molar-refractivity contribution in [2.75, 3.05) is 32.0 Å². The molecule has 0 aliphatic carbocycles. The number of rotatable bonds is 7. The number of carbonyl (C=O) groups is 2. The number of hydrogen-bond donors (Lipinski definition) is 3. The molecule has 1 rings (SSSR count). The molecular weight excluding hydrogens is 252 g/mol. The van der Waals surface area contributed by atoms with E-state index in [0.29, 0.717) is 17.1 Å². The van der Waals surface area contributed by atoms with Crippen LogP contribution in [-0.2, 0) is 4.79 Å². The molecule has 0 bridgehead atoms. The number of carbonyl (C=O) groups excluding carboxylic acids is 2. The van der Waals surface area contributed by atoms with Crippen LogP contribution >= 0.6 is 11.3 Å². The molecule has 0 spiro atoms. The Morgan fingerprint density at radius 2 is 2.22 bits per heavy atom. The Hall–Kier alpha value is -1.44. The van der Waals surface area contributed by atoms with E-state index in [0.717, 1.165) is 13.0 Å². The number of nitrogens with zero attached hydrogens (tertiary/aromatic N) is 1. The first kappa shape index (κ1) is 14.6. The van der Waals surface area contributed by atoms with Crippen LogP contribution in [0.4, 0.5) is 5.00 Å². The van der Waals surface area contributed by atoms with Gasteiger partial charge in [-0.25, -0.2) is 0 Å². The second-order valence-corrected chi connectivity index (χ2v) is 4.87. The number of hydrogen-bond acceptors (Lipinski definition) is 5. The summed E-state index contributed by atoms with van der Waals surface area (Å²) >= 11 is 1.28. The Kier molecular flexibility index (Phi) is 5.76. The average molecular weight is 270 g/mol. The van der Waals surface area contributed by atoms with Crippen molar-refractivity contribution < 1.29 is 9.59 Å². The molecule has 6 nitrogen and oxygen atoms in total. The summed E-state index contributed by atoms with van der Waals surface area (Å²) in [7, 11) is 1.85. The Morgan fingerprint density at radius 1 is 1.50 bits per heavy atom. The lowest BCUT2D eigenvalue weighted by molar-refractivity contribution is -0.117. The number of nitrogens with two attached hydrogens (primary N) is 2. The highest BCUT2D eigenvalue weighted by Crippen LogP contribution is 2.22. The van der Waals surface area contributed by atoms with E-state index in [1.165, 1.54) is 11.3 Å². The number of primary amides is 1. The van der Waals surface area contributed by atoms with Crippen molar-refractivity contribution in [1.82, 2.24) is 4.90 Å². The summed E-state index contributed by atoms with van der Waals surface area (Å²) in [5.41, 5.74) is 10.9. The minimum atomic E-state index is -0.539. The summed E-state index contributed by atoms with van der Waals surface area (Å²) in [6.07, 6.45) is 0.843. The second-order valence-electron chi connectivity index (χ2n) is 3.96. The van der Waals surface area contributed by atoms with Gasteiger partial charge in [0, 0.05) is 0 Å². The number of anilines is 1. The lowest BCUT2D eigenvalue weighted by atomic mass is 10.3. The summed E-state index contributed by atoms with van der Waals surface area (Å²) in [5.74, 6) is -0.706. The topological polar surface area (TPSA) is 101 Å². The zero-order chi connectivity index (χ0) is 13.5. The molecule has 1 aromatic heterocycles. The summed E-state index contributed by atoms with van der Waals surface area (Å²) in [5, 5.41) is 4.90. The van der Waals surface area contributed by atoms with Gasteiger partial charge in [0.25, 0.3) is 5.91 Å². The number of thiophene rings is 1. The SMILES string of the molecule is CN(CCCN)CC(=O)Nc1sccc1C(N)=O. The molecule has 7 heteroatoms. The lowest BCUT2D eigenvalue weighted by Crippen LogP contribution is -2.31. The number of amides is 2. The van der Waals surface area contributed by atoms with E-state index >= 15 is 0 Å². The summed E-state index contributed by atoms with van der Waals surface area (Å²) < 4.78 is 0. The average Bonchev–Trinajstić information content (AvgIpc) is 2.74. The van der Waals surface area contributed by atoms with Gasteiger partial charge in [-0.3, -0.25) is 14.5 Å². The van der Waals surface area contributed by atoms with Crippen molar-refractivity contribution in [2.45, 2.75) is 6.42 Å². The fourth-order valence-electron chi connectivity index (χ4n) is 1.45. The number of nitrogens with one attached hydrogen (secondary N) is 1. The summed E-state index contributed by atoms with van der Waals surface area (Å²) in [6.45, 7) is 1.62. The number of likely N-dealkylation sites (N-methyl/N-ethyl adjacent to an activating group) is 1. The lowest BCUT2D eigenvalue weighted by Gasteiger charge is -2.15. The van der Waals surface area contributed by atoms with Crippen LogP contribution in [0.1, 0.15) is 16.8 Å². The van der Waals surface area contributed by atoms with E-state index in [2.05, 4.69) is 5.32 Å². The van der Waals surface area contributed by atoms with E-state index in [1.807, 2.05) is 11.9 Å². The summed E-state index contributed by atoms with van der Waals surface area (Å²) in [6, 6.07) is 1.60. The maximum absolute atomic E-state index is 11.7. The molecule has 0 radical (unpaired) electrons. The third-order valence-electron chi connectivity index (χ3n) is 2.34. The van der Waals surface area contributed by atoms with Gasteiger partial charge in [0.15, 0.2) is 0 Å². The zero-order valence-corrected chi connectivity index (χ0v) is 11.1. The first-order chi connectivity index (χ1) is 8.54. The highest BCUT2D eigenvalue weighted by Gasteiger charge is 2.13. The van der Waals surface area contributed by atoms with E-state index in [4.69, 9.17) is 11.5 Å². The van der Waals surface area contributed by atoms with Crippen LogP contribution in [0.3, 0.4) is 0 Å². The van der Waals surface area contributed by atoms with Crippen molar-refractivity contribution in [3.63, 3.8) is 0 Å². The largest absolute Gasteiger partial charge is 0.366 e. The molecule has 0 aliphatic rings. The van der Waals surface area contributed by atoms with E-state index in [9.17, 15) is 9.59 Å². The zero-order valence-electron chi connectivity index (χ0n) is 10.3. The first-order valence-corrected chi connectivity index (χ1v) is 6.48. The third kappa shape index (κ3) is 4.44. The van der Waals surface area contributed by atoms with Gasteiger partial charge >= 0.3 is 0 Å². The van der Waals surface area contributed by atoms with Crippen LogP contribution in [0, 0.1) is 0 Å². The molecule has 1 aromatic rings. The Labute approximate surface area is 110 Å². The fraction of sp³-hybridized carbons (Fsp3) is 0.455. The quantitative estimate of drug-likeness (QED) is 0.652. The molecule has 2 amide bonds.